The van der Waals surface area contributed by atoms with Crippen molar-refractivity contribution < 1.29 is 9.90 Å². The number of urea groups is 1. The molecule has 0 saturated heterocycles. The summed E-state index contributed by atoms with van der Waals surface area (Å²) in [6.45, 7) is 5.71. The van der Waals surface area contributed by atoms with Crippen LogP contribution in [0.2, 0.25) is 5.02 Å². The van der Waals surface area contributed by atoms with E-state index in [1.54, 1.807) is 47.1 Å². The van der Waals surface area contributed by atoms with Crippen molar-refractivity contribution in [2.75, 3.05) is 11.9 Å². The van der Waals surface area contributed by atoms with E-state index < -0.39 is 6.10 Å². The number of hydrogen-bond donors (Lipinski definition) is 2. The first-order valence-electron chi connectivity index (χ1n) is 7.43. The third-order valence-corrected chi connectivity index (χ3v) is 3.60. The van der Waals surface area contributed by atoms with Crippen LogP contribution in [0.4, 0.5) is 10.5 Å². The van der Waals surface area contributed by atoms with Crippen LogP contribution >= 0.6 is 11.6 Å². The highest BCUT2D eigenvalue weighted by molar-refractivity contribution is 6.32. The molecule has 124 valence electrons. The van der Waals surface area contributed by atoms with E-state index in [1.165, 1.54) is 0 Å². The Morgan fingerprint density at radius 2 is 2.17 bits per heavy atom. The maximum absolute atomic E-state index is 12.4. The van der Waals surface area contributed by atoms with Gasteiger partial charge in [-0.25, -0.2) is 9.48 Å². The largest absolute Gasteiger partial charge is 0.392 e. The number of carbonyl (C=O) groups excluding carboxylic acids is 1. The van der Waals surface area contributed by atoms with Crippen LogP contribution in [-0.4, -0.2) is 44.5 Å². The lowest BCUT2D eigenvalue weighted by Gasteiger charge is -2.28. The first kappa shape index (κ1) is 17.3. The number of benzene rings is 1. The van der Waals surface area contributed by atoms with Crippen LogP contribution in [0.15, 0.2) is 36.7 Å². The molecule has 2 N–H and O–H groups in total. The van der Waals surface area contributed by atoms with Crippen molar-refractivity contribution in [2.45, 2.75) is 32.9 Å². The number of hydrogen-bond acceptors (Lipinski definition) is 3. The van der Waals surface area contributed by atoms with Gasteiger partial charge in [-0.3, -0.25) is 0 Å². The van der Waals surface area contributed by atoms with Crippen molar-refractivity contribution in [3.63, 3.8) is 0 Å². The summed E-state index contributed by atoms with van der Waals surface area (Å²) < 4.78 is 1.65. The third-order valence-electron chi connectivity index (χ3n) is 3.30. The molecule has 0 aliphatic carbocycles. The van der Waals surface area contributed by atoms with E-state index in [-0.39, 0.29) is 18.6 Å². The fourth-order valence-electron chi connectivity index (χ4n) is 2.19. The topological polar surface area (TPSA) is 70.4 Å². The summed E-state index contributed by atoms with van der Waals surface area (Å²) in [6, 6.07) is 6.74. The zero-order chi connectivity index (χ0) is 17.0. The minimum atomic E-state index is -0.589. The van der Waals surface area contributed by atoms with E-state index in [0.717, 1.165) is 5.69 Å². The Morgan fingerprint density at radius 3 is 2.70 bits per heavy atom. The number of nitrogens with one attached hydrogen (secondary N) is 1. The number of aromatic nitrogens is 2. The molecule has 0 aliphatic rings. The summed E-state index contributed by atoms with van der Waals surface area (Å²) in [7, 11) is 0. The zero-order valence-corrected chi connectivity index (χ0v) is 14.2. The Balaban J connectivity index is 2.13. The number of anilines is 1. The Labute approximate surface area is 140 Å². The summed E-state index contributed by atoms with van der Waals surface area (Å²) in [5.74, 6) is 0. The highest BCUT2D eigenvalue weighted by atomic mass is 35.5. The monoisotopic (exact) mass is 336 g/mol. The highest BCUT2D eigenvalue weighted by Crippen LogP contribution is 2.24. The van der Waals surface area contributed by atoms with Crippen LogP contribution in [0.5, 0.6) is 0 Å². The van der Waals surface area contributed by atoms with Crippen LogP contribution in [-0.2, 0) is 0 Å². The molecular weight excluding hydrogens is 316 g/mol. The van der Waals surface area contributed by atoms with Gasteiger partial charge in [-0.15, -0.1) is 0 Å². The number of nitrogens with zero attached hydrogens (tertiary/aromatic N) is 3. The van der Waals surface area contributed by atoms with Crippen molar-refractivity contribution in [1.29, 1.82) is 0 Å². The van der Waals surface area contributed by atoms with E-state index in [1.807, 2.05) is 19.9 Å². The van der Waals surface area contributed by atoms with Gasteiger partial charge in [-0.05, 0) is 45.0 Å². The Kier molecular flexibility index (Phi) is 5.63. The summed E-state index contributed by atoms with van der Waals surface area (Å²) >= 11 is 6.26. The molecule has 6 nitrogen and oxygen atoms in total. The van der Waals surface area contributed by atoms with Gasteiger partial charge in [0.15, 0.2) is 0 Å². The summed E-state index contributed by atoms with van der Waals surface area (Å²) in [6.07, 6.45) is 2.87. The molecule has 2 amide bonds. The molecule has 1 heterocycles. The van der Waals surface area contributed by atoms with Gasteiger partial charge >= 0.3 is 6.03 Å². The molecule has 1 unspecified atom stereocenters. The number of halogens is 1. The van der Waals surface area contributed by atoms with Crippen LogP contribution < -0.4 is 5.32 Å². The van der Waals surface area contributed by atoms with Crippen molar-refractivity contribution in [3.8, 4) is 5.69 Å². The zero-order valence-electron chi connectivity index (χ0n) is 13.4. The SMILES string of the molecule is CC(O)CN(C(=O)Nc1ccc(-n2cccn2)c(Cl)c1)C(C)C. The summed E-state index contributed by atoms with van der Waals surface area (Å²) in [4.78, 5) is 13.9. The fourth-order valence-corrected chi connectivity index (χ4v) is 2.46. The van der Waals surface area contributed by atoms with Gasteiger partial charge in [0.1, 0.15) is 0 Å². The summed E-state index contributed by atoms with van der Waals surface area (Å²) in [5.41, 5.74) is 1.33. The maximum atomic E-state index is 12.4. The van der Waals surface area contributed by atoms with Crippen molar-refractivity contribution in [3.05, 3.63) is 41.7 Å². The normalized spacial score (nSPS) is 12.3. The van der Waals surface area contributed by atoms with E-state index >= 15 is 0 Å². The first-order chi connectivity index (χ1) is 10.9. The van der Waals surface area contributed by atoms with Gasteiger partial charge < -0.3 is 15.3 Å². The molecule has 1 atom stereocenters. The molecule has 0 radical (unpaired) electrons. The molecule has 2 rings (SSSR count). The lowest BCUT2D eigenvalue weighted by molar-refractivity contribution is 0.125. The van der Waals surface area contributed by atoms with E-state index in [2.05, 4.69) is 10.4 Å². The molecule has 1 aromatic heterocycles. The van der Waals surface area contributed by atoms with Crippen molar-refractivity contribution >= 4 is 23.3 Å². The molecular formula is C16H21ClN4O2. The number of aliphatic hydroxyl groups excluding tert-OH is 1. The second kappa shape index (κ2) is 7.48. The minimum absolute atomic E-state index is 0.0246. The number of rotatable bonds is 5. The van der Waals surface area contributed by atoms with Crippen LogP contribution in [0, 0.1) is 0 Å². The lowest BCUT2D eigenvalue weighted by Crippen LogP contribution is -2.43. The predicted molar refractivity (Wildman–Crippen MR) is 91.1 cm³/mol. The average molecular weight is 337 g/mol. The molecule has 0 aliphatic heterocycles. The van der Waals surface area contributed by atoms with Gasteiger partial charge in [-0.1, -0.05) is 11.6 Å². The predicted octanol–water partition coefficient (Wildman–Crippen LogP) is 3.15. The first-order valence-corrected chi connectivity index (χ1v) is 7.81. The molecule has 0 saturated carbocycles. The Morgan fingerprint density at radius 1 is 1.43 bits per heavy atom. The number of amides is 2. The van der Waals surface area contributed by atoms with Gasteiger partial charge in [0, 0.05) is 30.7 Å². The van der Waals surface area contributed by atoms with E-state index in [9.17, 15) is 9.90 Å². The quantitative estimate of drug-likeness (QED) is 0.881. The smallest absolute Gasteiger partial charge is 0.322 e. The molecule has 0 bridgehead atoms. The second-order valence-corrected chi connectivity index (χ2v) is 6.05. The van der Waals surface area contributed by atoms with Crippen LogP contribution in [0.25, 0.3) is 5.69 Å². The minimum Gasteiger partial charge on any atom is -0.392 e. The molecule has 0 spiro atoms. The van der Waals surface area contributed by atoms with Crippen molar-refractivity contribution in [1.82, 2.24) is 14.7 Å². The standard InChI is InChI=1S/C16H21ClN4O2/c1-11(2)20(10-12(3)22)16(23)19-13-5-6-15(14(17)9-13)21-8-4-7-18-21/h4-9,11-12,22H,10H2,1-3H3,(H,19,23). The van der Waals surface area contributed by atoms with Gasteiger partial charge in [0.2, 0.25) is 0 Å². The molecule has 2 aromatic rings. The summed E-state index contributed by atoms with van der Waals surface area (Å²) in [5, 5.41) is 16.9. The van der Waals surface area contributed by atoms with E-state index in [0.29, 0.717) is 10.7 Å². The Hall–Kier alpha value is -2.05. The van der Waals surface area contributed by atoms with Gasteiger partial charge in [0.25, 0.3) is 0 Å². The lowest BCUT2D eigenvalue weighted by atomic mass is 10.2. The van der Waals surface area contributed by atoms with Crippen LogP contribution in [0.3, 0.4) is 0 Å². The second-order valence-electron chi connectivity index (χ2n) is 5.64. The third kappa shape index (κ3) is 4.46. The Bertz CT molecular complexity index is 656. The van der Waals surface area contributed by atoms with Gasteiger partial charge in [0.05, 0.1) is 16.8 Å². The van der Waals surface area contributed by atoms with Crippen molar-refractivity contribution in [2.24, 2.45) is 0 Å². The molecule has 0 fully saturated rings. The molecule has 7 heteroatoms. The maximum Gasteiger partial charge on any atom is 0.322 e. The van der Waals surface area contributed by atoms with E-state index in [4.69, 9.17) is 11.6 Å². The molecule has 1 aromatic carbocycles. The highest BCUT2D eigenvalue weighted by Gasteiger charge is 2.19. The average Bonchev–Trinajstić information content (AvgIpc) is 2.98. The van der Waals surface area contributed by atoms with Gasteiger partial charge in [-0.2, -0.15) is 5.10 Å². The van der Waals surface area contributed by atoms with Crippen LogP contribution in [0.1, 0.15) is 20.8 Å². The number of aliphatic hydroxyl groups is 1. The fraction of sp³-hybridized carbons (Fsp3) is 0.375. The number of carbonyl (C=O) groups is 1. The molecule has 23 heavy (non-hydrogen) atoms.